The van der Waals surface area contributed by atoms with Crippen molar-refractivity contribution in [3.05, 3.63) is 0 Å². The molecular formula is C4H9PS2. The Kier molecular flexibility index (Phi) is 2.87. The number of rotatable bonds is 0. The summed E-state index contributed by atoms with van der Waals surface area (Å²) in [6.45, 7) is 0. The highest BCUT2D eigenvalue weighted by atomic mass is 32.2. The SMILES string of the molecule is PC1SCCCS1. The fourth-order valence-electron chi connectivity index (χ4n) is 0.506. The third-order valence-electron chi connectivity index (χ3n) is 0.853. The van der Waals surface area contributed by atoms with E-state index in [0.717, 1.165) is 4.32 Å². The highest BCUT2D eigenvalue weighted by molar-refractivity contribution is 8.21. The van der Waals surface area contributed by atoms with Crippen molar-refractivity contribution in [2.45, 2.75) is 10.7 Å². The molecule has 0 bridgehead atoms. The summed E-state index contributed by atoms with van der Waals surface area (Å²) in [6.07, 6.45) is 1.40. The van der Waals surface area contributed by atoms with Gasteiger partial charge in [-0.1, -0.05) is 0 Å². The topological polar surface area (TPSA) is 0 Å². The summed E-state index contributed by atoms with van der Waals surface area (Å²) in [5, 5.41) is 0. The predicted molar refractivity (Wildman–Crippen MR) is 43.0 cm³/mol. The summed E-state index contributed by atoms with van der Waals surface area (Å²) in [7, 11) is 2.83. The summed E-state index contributed by atoms with van der Waals surface area (Å²) >= 11 is 4.09. The van der Waals surface area contributed by atoms with Gasteiger partial charge in [0.1, 0.15) is 0 Å². The van der Waals surface area contributed by atoms with Gasteiger partial charge in [0, 0.05) is 0 Å². The van der Waals surface area contributed by atoms with Gasteiger partial charge in [-0.25, -0.2) is 0 Å². The standard InChI is InChI=1S/C4H9PS2/c5-4-6-2-1-3-7-4/h4H,1-3,5H2. The van der Waals surface area contributed by atoms with Crippen molar-refractivity contribution in [3.63, 3.8) is 0 Å². The van der Waals surface area contributed by atoms with E-state index < -0.39 is 0 Å². The average Bonchev–Trinajstić information content (AvgIpc) is 1.69. The van der Waals surface area contributed by atoms with E-state index in [4.69, 9.17) is 0 Å². The van der Waals surface area contributed by atoms with E-state index in [9.17, 15) is 0 Å². The smallest absolute Gasteiger partial charge is 0.0638 e. The van der Waals surface area contributed by atoms with Crippen molar-refractivity contribution in [2.24, 2.45) is 0 Å². The first-order chi connectivity index (χ1) is 3.39. The van der Waals surface area contributed by atoms with Crippen molar-refractivity contribution in [1.82, 2.24) is 0 Å². The largest absolute Gasteiger partial charge is 0.143 e. The molecule has 1 atom stereocenters. The van der Waals surface area contributed by atoms with Crippen molar-refractivity contribution in [1.29, 1.82) is 0 Å². The second-order valence-corrected chi connectivity index (χ2v) is 5.89. The summed E-state index contributed by atoms with van der Waals surface area (Å²) in [6, 6.07) is 0. The molecular weight excluding hydrogens is 143 g/mol. The fraction of sp³-hybridized carbons (Fsp3) is 1.00. The Morgan fingerprint density at radius 3 is 2.14 bits per heavy atom. The van der Waals surface area contributed by atoms with Crippen molar-refractivity contribution in [3.8, 4) is 0 Å². The van der Waals surface area contributed by atoms with Crippen LogP contribution in [0.4, 0.5) is 0 Å². The van der Waals surface area contributed by atoms with E-state index >= 15 is 0 Å². The number of hydrogen-bond donors (Lipinski definition) is 0. The molecule has 1 saturated heterocycles. The van der Waals surface area contributed by atoms with Crippen LogP contribution in [0.5, 0.6) is 0 Å². The zero-order chi connectivity index (χ0) is 5.11. The van der Waals surface area contributed by atoms with Gasteiger partial charge in [-0.05, 0) is 17.9 Å². The minimum absolute atomic E-state index is 0.786. The van der Waals surface area contributed by atoms with Gasteiger partial charge in [-0.3, -0.25) is 0 Å². The molecule has 0 spiro atoms. The molecule has 0 aromatic heterocycles. The van der Waals surface area contributed by atoms with Crippen LogP contribution in [0.2, 0.25) is 0 Å². The van der Waals surface area contributed by atoms with Crippen LogP contribution in [-0.4, -0.2) is 15.8 Å². The van der Waals surface area contributed by atoms with Gasteiger partial charge in [0.25, 0.3) is 0 Å². The van der Waals surface area contributed by atoms with E-state index in [1.165, 1.54) is 17.9 Å². The zero-order valence-electron chi connectivity index (χ0n) is 4.09. The minimum atomic E-state index is 0.786. The van der Waals surface area contributed by atoms with Gasteiger partial charge in [-0.15, -0.1) is 32.8 Å². The van der Waals surface area contributed by atoms with Crippen LogP contribution in [0.1, 0.15) is 6.42 Å². The quantitative estimate of drug-likeness (QED) is 0.487. The second kappa shape index (κ2) is 3.21. The van der Waals surface area contributed by atoms with Crippen LogP contribution in [0.3, 0.4) is 0 Å². The first kappa shape index (κ1) is 6.25. The Morgan fingerprint density at radius 1 is 1.29 bits per heavy atom. The molecule has 0 aromatic carbocycles. The van der Waals surface area contributed by atoms with Crippen LogP contribution in [0.25, 0.3) is 0 Å². The molecule has 0 nitrogen and oxygen atoms in total. The molecule has 1 aliphatic heterocycles. The Balaban J connectivity index is 2.12. The third kappa shape index (κ3) is 2.25. The molecule has 42 valence electrons. The second-order valence-electron chi connectivity index (χ2n) is 1.46. The fourth-order valence-corrected chi connectivity index (χ4v) is 3.55. The number of thioether (sulfide) groups is 2. The van der Waals surface area contributed by atoms with Crippen molar-refractivity contribution < 1.29 is 0 Å². The summed E-state index contributed by atoms with van der Waals surface area (Å²) in [4.78, 5) is 0. The maximum atomic E-state index is 2.83. The maximum Gasteiger partial charge on any atom is 0.0638 e. The van der Waals surface area contributed by atoms with E-state index in [1.54, 1.807) is 0 Å². The predicted octanol–water partition coefficient (Wildman–Crippen LogP) is 2.02. The lowest BCUT2D eigenvalue weighted by atomic mass is 10.6. The van der Waals surface area contributed by atoms with Crippen molar-refractivity contribution in [2.75, 3.05) is 11.5 Å². The van der Waals surface area contributed by atoms with Crippen molar-refractivity contribution >= 4 is 32.8 Å². The van der Waals surface area contributed by atoms with Crippen LogP contribution >= 0.6 is 32.8 Å². The normalized spacial score (nSPS) is 25.3. The lowest BCUT2D eigenvalue weighted by Gasteiger charge is -2.14. The molecule has 0 N–H and O–H groups in total. The Morgan fingerprint density at radius 2 is 1.86 bits per heavy atom. The maximum absolute atomic E-state index is 2.83. The monoisotopic (exact) mass is 152 g/mol. The molecule has 1 unspecified atom stereocenters. The molecule has 7 heavy (non-hydrogen) atoms. The van der Waals surface area contributed by atoms with Crippen LogP contribution < -0.4 is 0 Å². The van der Waals surface area contributed by atoms with Crippen LogP contribution in [0, 0.1) is 0 Å². The molecule has 0 aromatic rings. The van der Waals surface area contributed by atoms with Gasteiger partial charge in [0.2, 0.25) is 0 Å². The minimum Gasteiger partial charge on any atom is -0.143 e. The van der Waals surface area contributed by atoms with Gasteiger partial charge in [-0.2, -0.15) is 0 Å². The third-order valence-corrected chi connectivity index (χ3v) is 4.53. The summed E-state index contributed by atoms with van der Waals surface area (Å²) < 4.78 is 0.786. The molecule has 3 heteroatoms. The molecule has 0 aliphatic carbocycles. The molecule has 0 saturated carbocycles. The summed E-state index contributed by atoms with van der Waals surface area (Å²) in [5.74, 6) is 2.72. The molecule has 1 rings (SSSR count). The van der Waals surface area contributed by atoms with E-state index in [0.29, 0.717) is 0 Å². The first-order valence-corrected chi connectivity index (χ1v) is 5.15. The van der Waals surface area contributed by atoms with Gasteiger partial charge in [0.15, 0.2) is 0 Å². The summed E-state index contributed by atoms with van der Waals surface area (Å²) in [5.41, 5.74) is 0. The molecule has 1 aliphatic rings. The van der Waals surface area contributed by atoms with Crippen LogP contribution in [-0.2, 0) is 0 Å². The lowest BCUT2D eigenvalue weighted by molar-refractivity contribution is 1.12. The lowest BCUT2D eigenvalue weighted by Crippen LogP contribution is -1.97. The molecule has 0 radical (unpaired) electrons. The molecule has 0 amide bonds. The first-order valence-electron chi connectivity index (χ1n) is 2.38. The molecule has 1 heterocycles. The van der Waals surface area contributed by atoms with Gasteiger partial charge in [0.05, 0.1) is 4.32 Å². The van der Waals surface area contributed by atoms with E-state index in [-0.39, 0.29) is 0 Å². The van der Waals surface area contributed by atoms with Crippen LogP contribution in [0.15, 0.2) is 0 Å². The highest BCUT2D eigenvalue weighted by Crippen LogP contribution is 2.34. The number of hydrogen-bond acceptors (Lipinski definition) is 2. The Bertz CT molecular complexity index is 51.7. The van der Waals surface area contributed by atoms with E-state index in [1.807, 2.05) is 23.5 Å². The zero-order valence-corrected chi connectivity index (χ0v) is 6.88. The Labute approximate surface area is 55.4 Å². The van der Waals surface area contributed by atoms with Gasteiger partial charge < -0.3 is 0 Å². The average molecular weight is 152 g/mol. The highest BCUT2D eigenvalue weighted by Gasteiger charge is 2.06. The van der Waals surface area contributed by atoms with E-state index in [2.05, 4.69) is 9.24 Å². The van der Waals surface area contributed by atoms with Gasteiger partial charge >= 0.3 is 0 Å². The Hall–Kier alpha value is 1.13. The molecule has 1 fully saturated rings.